The molecule has 264 valence electrons. The molecule has 3 heteroatoms. The molecule has 0 saturated heterocycles. The number of nitrogens with zero attached hydrogens (tertiary/aromatic N) is 1. The van der Waals surface area contributed by atoms with Crippen LogP contribution in [0.3, 0.4) is 0 Å². The Morgan fingerprint density at radius 1 is 0.411 bits per heavy atom. The molecule has 1 atom stereocenters. The summed E-state index contributed by atoms with van der Waals surface area (Å²) in [4.78, 5) is 5.24. The van der Waals surface area contributed by atoms with E-state index in [4.69, 9.17) is 9.73 Å². The van der Waals surface area contributed by atoms with Gasteiger partial charge in [0.05, 0.1) is 16.7 Å². The van der Waals surface area contributed by atoms with E-state index in [-0.39, 0.29) is 6.04 Å². The van der Waals surface area contributed by atoms with Gasteiger partial charge in [-0.25, -0.2) is 0 Å². The van der Waals surface area contributed by atoms with Crippen LogP contribution in [0.25, 0.3) is 39.1 Å². The van der Waals surface area contributed by atoms with Crippen LogP contribution in [0.15, 0.2) is 211 Å². The maximum Gasteiger partial charge on any atom is 0.232 e. The predicted octanol–water partition coefficient (Wildman–Crippen LogP) is 11.6. The molecule has 1 aliphatic carbocycles. The largest absolute Gasteiger partial charge is 0.457 e. The van der Waals surface area contributed by atoms with Gasteiger partial charge in [0.2, 0.25) is 5.84 Å². The van der Waals surface area contributed by atoms with E-state index in [9.17, 15) is 0 Å². The third-order valence-electron chi connectivity index (χ3n) is 11.7. The van der Waals surface area contributed by atoms with Crippen molar-refractivity contribution in [1.29, 1.82) is 0 Å². The van der Waals surface area contributed by atoms with Gasteiger partial charge in [0.25, 0.3) is 0 Å². The van der Waals surface area contributed by atoms with Gasteiger partial charge in [0.1, 0.15) is 17.5 Å². The Hall–Kier alpha value is -7.07. The van der Waals surface area contributed by atoms with Gasteiger partial charge in [-0.1, -0.05) is 158 Å². The van der Waals surface area contributed by atoms with E-state index in [0.29, 0.717) is 0 Å². The van der Waals surface area contributed by atoms with Crippen molar-refractivity contribution in [3.8, 4) is 44.9 Å². The first kappa shape index (κ1) is 32.4. The Bertz CT molecular complexity index is 2830. The van der Waals surface area contributed by atoms with E-state index in [0.717, 1.165) is 39.7 Å². The number of para-hydroxylation sites is 2. The minimum atomic E-state index is -0.499. The lowest BCUT2D eigenvalue weighted by atomic mass is 9.66. The molecule has 0 amide bonds. The fraction of sp³-hybridized carbons (Fsp3) is 0.0377. The van der Waals surface area contributed by atoms with Crippen molar-refractivity contribution in [2.45, 2.75) is 11.5 Å². The molecule has 1 unspecified atom stereocenters. The lowest BCUT2D eigenvalue weighted by Crippen LogP contribution is -2.89. The second-order valence-electron chi connectivity index (χ2n) is 14.8. The summed E-state index contributed by atoms with van der Waals surface area (Å²) in [6, 6.07) is 72.1. The lowest BCUT2D eigenvalue weighted by molar-refractivity contribution is -0.575. The fourth-order valence-corrected chi connectivity index (χ4v) is 9.16. The third-order valence-corrected chi connectivity index (χ3v) is 11.7. The third kappa shape index (κ3) is 5.13. The number of quaternary nitrogens is 1. The average Bonchev–Trinajstić information content (AvgIpc) is 3.57. The highest BCUT2D eigenvalue weighted by Gasteiger charge is 2.51. The molecular formula is C53H37N2O+. The summed E-state index contributed by atoms with van der Waals surface area (Å²) in [5, 5.41) is 2.28. The van der Waals surface area contributed by atoms with Crippen molar-refractivity contribution in [1.82, 2.24) is 0 Å². The lowest BCUT2D eigenvalue weighted by Gasteiger charge is -2.39. The zero-order chi connectivity index (χ0) is 37.1. The van der Waals surface area contributed by atoms with Gasteiger partial charge in [-0.15, -0.1) is 0 Å². The van der Waals surface area contributed by atoms with Crippen LogP contribution in [0, 0.1) is 0 Å². The molecule has 0 saturated carbocycles. The molecule has 1 spiro atoms. The van der Waals surface area contributed by atoms with E-state index in [2.05, 4.69) is 212 Å². The SMILES string of the molecule is C1=C(c2cccc(-c3cccc(-c4ccc5c(c4)C4(c6ccccc6Oc6ccccc64)c4ccccc4-5)c3)c2)N=C(c2ccccc2)[NH2+]C1c1ccccc1. The second-order valence-corrected chi connectivity index (χ2v) is 14.8. The Kier molecular flexibility index (Phi) is 7.54. The quantitative estimate of drug-likeness (QED) is 0.189. The highest BCUT2D eigenvalue weighted by molar-refractivity contribution is 5.96. The first-order valence-corrected chi connectivity index (χ1v) is 19.3. The summed E-state index contributed by atoms with van der Waals surface area (Å²) >= 11 is 0. The summed E-state index contributed by atoms with van der Waals surface area (Å²) in [6.07, 6.45) is 2.29. The molecular weight excluding hydrogens is 681 g/mol. The Balaban J connectivity index is 1.01. The van der Waals surface area contributed by atoms with Crippen molar-refractivity contribution in [3.63, 3.8) is 0 Å². The highest BCUT2D eigenvalue weighted by atomic mass is 16.5. The molecule has 3 aliphatic rings. The number of hydrogen-bond acceptors (Lipinski definition) is 2. The number of fused-ring (bicyclic) bond motifs is 9. The van der Waals surface area contributed by atoms with Gasteiger partial charge < -0.3 is 4.74 Å². The van der Waals surface area contributed by atoms with Crippen molar-refractivity contribution in [3.05, 3.63) is 245 Å². The molecule has 2 heterocycles. The van der Waals surface area contributed by atoms with Gasteiger partial charge in [0, 0.05) is 28.3 Å². The normalized spacial score (nSPS) is 15.8. The van der Waals surface area contributed by atoms with Crippen LogP contribution in [-0.4, -0.2) is 5.84 Å². The summed E-state index contributed by atoms with van der Waals surface area (Å²) in [5.41, 5.74) is 16.1. The van der Waals surface area contributed by atoms with Crippen LogP contribution < -0.4 is 10.1 Å². The van der Waals surface area contributed by atoms with Crippen molar-refractivity contribution >= 4 is 11.5 Å². The molecule has 56 heavy (non-hydrogen) atoms. The van der Waals surface area contributed by atoms with Crippen LogP contribution in [0.1, 0.15) is 45.0 Å². The van der Waals surface area contributed by atoms with Crippen LogP contribution in [-0.2, 0) is 5.41 Å². The number of nitrogens with two attached hydrogens (primary N) is 1. The molecule has 0 aromatic heterocycles. The second kappa shape index (κ2) is 13.1. The standard InChI is InChI=1S/C53H36N2O/c1-3-15-35(16-4-1)48-34-49(55-52(54-48)36-17-5-2-6-18-36)41-22-14-21-39(32-41)37-19-13-20-38(31-37)40-29-30-43-42-23-7-8-24-44(42)53(47(43)33-40)45-25-9-11-27-50(45)56-51-28-12-10-26-46(51)53/h1-34,48H,(H,54,55)/p+1. The summed E-state index contributed by atoms with van der Waals surface area (Å²) in [5.74, 6) is 2.81. The Morgan fingerprint density at radius 3 is 1.62 bits per heavy atom. The topological polar surface area (TPSA) is 38.2 Å². The van der Waals surface area contributed by atoms with E-state index in [1.807, 2.05) is 0 Å². The number of ether oxygens (including phenoxy) is 1. The number of rotatable bonds is 5. The summed E-state index contributed by atoms with van der Waals surface area (Å²) in [7, 11) is 0. The van der Waals surface area contributed by atoms with Crippen molar-refractivity contribution < 1.29 is 10.1 Å². The van der Waals surface area contributed by atoms with Gasteiger partial charge in [-0.05, 0) is 87.0 Å². The van der Waals surface area contributed by atoms with Gasteiger partial charge in [-0.2, -0.15) is 4.99 Å². The van der Waals surface area contributed by atoms with Gasteiger partial charge in [0.15, 0.2) is 0 Å². The molecule has 11 rings (SSSR count). The summed E-state index contributed by atoms with van der Waals surface area (Å²) in [6.45, 7) is 0. The minimum Gasteiger partial charge on any atom is -0.457 e. The molecule has 0 fully saturated rings. The average molecular weight is 718 g/mol. The minimum absolute atomic E-state index is 0.120. The monoisotopic (exact) mass is 717 g/mol. The van der Waals surface area contributed by atoms with Gasteiger partial charge >= 0.3 is 0 Å². The molecule has 8 aromatic carbocycles. The van der Waals surface area contributed by atoms with E-state index in [1.54, 1.807) is 0 Å². The molecule has 0 radical (unpaired) electrons. The van der Waals surface area contributed by atoms with Crippen LogP contribution in [0.2, 0.25) is 0 Å². The van der Waals surface area contributed by atoms with E-state index in [1.165, 1.54) is 55.6 Å². The first-order valence-electron chi connectivity index (χ1n) is 19.3. The molecule has 3 nitrogen and oxygen atoms in total. The van der Waals surface area contributed by atoms with E-state index >= 15 is 0 Å². The van der Waals surface area contributed by atoms with Gasteiger partial charge in [-0.3, -0.25) is 5.32 Å². The number of aliphatic imine (C=N–C) groups is 1. The van der Waals surface area contributed by atoms with Crippen LogP contribution >= 0.6 is 0 Å². The highest BCUT2D eigenvalue weighted by Crippen LogP contribution is 2.62. The Labute approximate surface area is 327 Å². The van der Waals surface area contributed by atoms with E-state index < -0.39 is 5.41 Å². The van der Waals surface area contributed by atoms with Crippen LogP contribution in [0.5, 0.6) is 11.5 Å². The zero-order valence-corrected chi connectivity index (χ0v) is 30.6. The number of amidine groups is 1. The molecule has 0 bridgehead atoms. The first-order chi connectivity index (χ1) is 27.7. The van der Waals surface area contributed by atoms with Crippen molar-refractivity contribution in [2.24, 2.45) is 4.99 Å². The molecule has 2 N–H and O–H groups in total. The fourth-order valence-electron chi connectivity index (χ4n) is 9.16. The zero-order valence-electron chi connectivity index (χ0n) is 30.6. The molecule has 8 aromatic rings. The smallest absolute Gasteiger partial charge is 0.232 e. The Morgan fingerprint density at radius 2 is 0.929 bits per heavy atom. The van der Waals surface area contributed by atoms with Crippen molar-refractivity contribution in [2.75, 3.05) is 0 Å². The predicted molar refractivity (Wildman–Crippen MR) is 227 cm³/mol. The maximum atomic E-state index is 6.57. The maximum absolute atomic E-state index is 6.57. The van der Waals surface area contributed by atoms with Crippen LogP contribution in [0.4, 0.5) is 0 Å². The summed E-state index contributed by atoms with van der Waals surface area (Å²) < 4.78 is 6.57. The number of hydrogen-bond donors (Lipinski definition) is 1. The molecule has 2 aliphatic heterocycles. The number of benzene rings is 8.